The van der Waals surface area contributed by atoms with Gasteiger partial charge in [-0.2, -0.15) is 0 Å². The van der Waals surface area contributed by atoms with E-state index in [0.717, 1.165) is 10.5 Å². The van der Waals surface area contributed by atoms with Gasteiger partial charge in [0.15, 0.2) is 11.5 Å². The van der Waals surface area contributed by atoms with Gasteiger partial charge < -0.3 is 14.8 Å². The number of carbonyl (C=O) groups is 1. The van der Waals surface area contributed by atoms with Gasteiger partial charge in [0.25, 0.3) is 0 Å². The fourth-order valence-corrected chi connectivity index (χ4v) is 5.16. The molecule has 2 aromatic carbocycles. The number of amides is 1. The first-order chi connectivity index (χ1) is 13.8. The standard InChI is InChI=1S/C20H24N2O5S2/c1-13-10-20(23)22-16-12-15(5-7-19(16)28-13)29(24,25)21-9-8-14-4-6-17(26-2)18(11-14)27-3/h4-7,11-13,21H,8-10H2,1-3H3,(H,22,23). The molecule has 0 aromatic heterocycles. The molecule has 1 unspecified atom stereocenters. The monoisotopic (exact) mass is 436 g/mol. The average molecular weight is 437 g/mol. The Bertz CT molecular complexity index is 1010. The molecule has 1 heterocycles. The molecule has 0 spiro atoms. The Morgan fingerprint density at radius 2 is 1.90 bits per heavy atom. The molecule has 0 aliphatic carbocycles. The smallest absolute Gasteiger partial charge is 0.240 e. The number of ether oxygens (including phenoxy) is 2. The van der Waals surface area contributed by atoms with Crippen LogP contribution in [0.15, 0.2) is 46.2 Å². The van der Waals surface area contributed by atoms with Crippen molar-refractivity contribution in [1.29, 1.82) is 0 Å². The van der Waals surface area contributed by atoms with E-state index in [1.54, 1.807) is 44.2 Å². The highest BCUT2D eigenvalue weighted by Gasteiger charge is 2.22. The van der Waals surface area contributed by atoms with Crippen molar-refractivity contribution in [2.24, 2.45) is 0 Å². The van der Waals surface area contributed by atoms with Crippen molar-refractivity contribution in [3.8, 4) is 11.5 Å². The first-order valence-corrected chi connectivity index (χ1v) is 11.5. The van der Waals surface area contributed by atoms with Crippen molar-refractivity contribution >= 4 is 33.4 Å². The second-order valence-electron chi connectivity index (χ2n) is 6.68. The van der Waals surface area contributed by atoms with E-state index in [1.165, 1.54) is 6.07 Å². The molecule has 1 atom stereocenters. The topological polar surface area (TPSA) is 93.7 Å². The van der Waals surface area contributed by atoms with Crippen LogP contribution in [0.3, 0.4) is 0 Å². The van der Waals surface area contributed by atoms with Crippen LogP contribution in [0.2, 0.25) is 0 Å². The van der Waals surface area contributed by atoms with Gasteiger partial charge in [0, 0.05) is 23.1 Å². The Kier molecular flexibility index (Phi) is 6.71. The van der Waals surface area contributed by atoms with E-state index in [-0.39, 0.29) is 22.6 Å². The van der Waals surface area contributed by atoms with Crippen LogP contribution in [0.5, 0.6) is 11.5 Å². The maximum absolute atomic E-state index is 12.7. The number of rotatable bonds is 7. The van der Waals surface area contributed by atoms with Gasteiger partial charge in [0.2, 0.25) is 15.9 Å². The van der Waals surface area contributed by atoms with E-state index < -0.39 is 10.0 Å². The number of nitrogens with one attached hydrogen (secondary N) is 2. The summed E-state index contributed by atoms with van der Waals surface area (Å²) in [5, 5.41) is 2.93. The van der Waals surface area contributed by atoms with E-state index in [4.69, 9.17) is 9.47 Å². The van der Waals surface area contributed by atoms with Gasteiger partial charge in [0.1, 0.15) is 0 Å². The van der Waals surface area contributed by atoms with E-state index >= 15 is 0 Å². The Balaban J connectivity index is 1.70. The number of fused-ring (bicyclic) bond motifs is 1. The molecule has 2 aromatic rings. The highest BCUT2D eigenvalue weighted by Crippen LogP contribution is 2.36. The molecular formula is C20H24N2O5S2. The Labute approximate surface area is 175 Å². The van der Waals surface area contributed by atoms with E-state index in [9.17, 15) is 13.2 Å². The SMILES string of the molecule is COc1ccc(CCNS(=O)(=O)c2ccc3c(c2)NC(=O)CC(C)S3)cc1OC. The third-order valence-electron chi connectivity index (χ3n) is 4.49. The maximum Gasteiger partial charge on any atom is 0.240 e. The van der Waals surface area contributed by atoms with Crippen molar-refractivity contribution in [1.82, 2.24) is 4.72 Å². The summed E-state index contributed by atoms with van der Waals surface area (Å²) in [6.45, 7) is 2.20. The van der Waals surface area contributed by atoms with Crippen LogP contribution in [0.4, 0.5) is 5.69 Å². The molecule has 0 bridgehead atoms. The van der Waals surface area contributed by atoms with Crippen molar-refractivity contribution in [3.63, 3.8) is 0 Å². The van der Waals surface area contributed by atoms with Crippen molar-refractivity contribution < 1.29 is 22.7 Å². The summed E-state index contributed by atoms with van der Waals surface area (Å²) in [6, 6.07) is 10.3. The normalized spacial score (nSPS) is 16.5. The first-order valence-electron chi connectivity index (χ1n) is 9.13. The zero-order chi connectivity index (χ0) is 21.0. The van der Waals surface area contributed by atoms with E-state index in [0.29, 0.717) is 30.0 Å². The lowest BCUT2D eigenvalue weighted by molar-refractivity contribution is -0.116. The Hall–Kier alpha value is -2.23. The second kappa shape index (κ2) is 9.06. The quantitative estimate of drug-likeness (QED) is 0.693. The molecule has 29 heavy (non-hydrogen) atoms. The summed E-state index contributed by atoms with van der Waals surface area (Å²) in [5.41, 5.74) is 1.46. The van der Waals surface area contributed by atoms with Crippen LogP contribution < -0.4 is 19.5 Å². The number of carbonyl (C=O) groups excluding carboxylic acids is 1. The Morgan fingerprint density at radius 3 is 2.62 bits per heavy atom. The van der Waals surface area contributed by atoms with Crippen LogP contribution in [0.1, 0.15) is 18.9 Å². The fourth-order valence-electron chi connectivity index (χ4n) is 3.05. The molecule has 3 rings (SSSR count). The molecule has 7 nitrogen and oxygen atoms in total. The lowest BCUT2D eigenvalue weighted by atomic mass is 10.1. The van der Waals surface area contributed by atoms with Crippen molar-refractivity contribution in [2.45, 2.75) is 34.8 Å². The molecule has 0 radical (unpaired) electrons. The van der Waals surface area contributed by atoms with Gasteiger partial charge in [0.05, 0.1) is 24.8 Å². The first kappa shape index (κ1) is 21.5. The van der Waals surface area contributed by atoms with Gasteiger partial charge in [-0.3, -0.25) is 4.79 Å². The van der Waals surface area contributed by atoms with E-state index in [1.807, 2.05) is 19.1 Å². The number of anilines is 1. The number of methoxy groups -OCH3 is 2. The molecule has 1 aliphatic rings. The third kappa shape index (κ3) is 5.23. The highest BCUT2D eigenvalue weighted by molar-refractivity contribution is 8.00. The molecule has 1 aliphatic heterocycles. The van der Waals surface area contributed by atoms with Gasteiger partial charge in [-0.15, -0.1) is 11.8 Å². The average Bonchev–Trinajstić information content (AvgIpc) is 2.83. The summed E-state index contributed by atoms with van der Waals surface area (Å²) >= 11 is 1.56. The minimum absolute atomic E-state index is 0.111. The van der Waals surface area contributed by atoms with Gasteiger partial charge in [-0.1, -0.05) is 13.0 Å². The van der Waals surface area contributed by atoms with Crippen LogP contribution in [-0.4, -0.2) is 40.3 Å². The molecule has 156 valence electrons. The number of thioether (sulfide) groups is 1. The third-order valence-corrected chi connectivity index (χ3v) is 7.13. The number of hydrogen-bond acceptors (Lipinski definition) is 6. The maximum atomic E-state index is 12.7. The predicted octanol–water partition coefficient (Wildman–Crippen LogP) is 3.05. The van der Waals surface area contributed by atoms with Crippen molar-refractivity contribution in [3.05, 3.63) is 42.0 Å². The van der Waals surface area contributed by atoms with Crippen LogP contribution in [-0.2, 0) is 21.2 Å². The zero-order valence-corrected chi connectivity index (χ0v) is 18.2. The van der Waals surface area contributed by atoms with Gasteiger partial charge in [-0.05, 0) is 42.3 Å². The molecule has 1 amide bonds. The molecule has 0 saturated heterocycles. The number of hydrogen-bond donors (Lipinski definition) is 2. The minimum Gasteiger partial charge on any atom is -0.493 e. The van der Waals surface area contributed by atoms with Crippen molar-refractivity contribution in [2.75, 3.05) is 26.1 Å². The zero-order valence-electron chi connectivity index (χ0n) is 16.5. The molecule has 9 heteroatoms. The summed E-state index contributed by atoms with van der Waals surface area (Å²) in [4.78, 5) is 12.9. The van der Waals surface area contributed by atoms with Crippen LogP contribution >= 0.6 is 11.8 Å². The molecule has 2 N–H and O–H groups in total. The molecular weight excluding hydrogens is 412 g/mol. The highest BCUT2D eigenvalue weighted by atomic mass is 32.2. The van der Waals surface area contributed by atoms with Crippen LogP contribution in [0.25, 0.3) is 0 Å². The number of benzene rings is 2. The molecule has 0 fully saturated rings. The lowest BCUT2D eigenvalue weighted by Gasteiger charge is -2.12. The van der Waals surface area contributed by atoms with E-state index in [2.05, 4.69) is 10.0 Å². The largest absolute Gasteiger partial charge is 0.493 e. The lowest BCUT2D eigenvalue weighted by Crippen LogP contribution is -2.26. The minimum atomic E-state index is -3.70. The summed E-state index contributed by atoms with van der Waals surface area (Å²) < 4.78 is 38.5. The second-order valence-corrected chi connectivity index (χ2v) is 9.92. The predicted molar refractivity (Wildman–Crippen MR) is 113 cm³/mol. The van der Waals surface area contributed by atoms with Gasteiger partial charge in [-0.25, -0.2) is 13.1 Å². The summed E-state index contributed by atoms with van der Waals surface area (Å²) in [5.74, 6) is 1.11. The molecule has 0 saturated carbocycles. The Morgan fingerprint density at radius 1 is 1.14 bits per heavy atom. The summed E-state index contributed by atoms with van der Waals surface area (Å²) in [7, 11) is -0.583. The van der Waals surface area contributed by atoms with Gasteiger partial charge >= 0.3 is 0 Å². The fraction of sp³-hybridized carbons (Fsp3) is 0.350. The number of sulfonamides is 1. The van der Waals surface area contributed by atoms with Crippen LogP contribution in [0, 0.1) is 0 Å². The summed E-state index contributed by atoms with van der Waals surface area (Å²) in [6.07, 6.45) is 0.889.